The van der Waals surface area contributed by atoms with Crippen LogP contribution >= 0.6 is 11.8 Å². The monoisotopic (exact) mass is 245 g/mol. The van der Waals surface area contributed by atoms with Gasteiger partial charge in [-0.15, -0.1) is 11.8 Å². The average Bonchev–Trinajstić information content (AvgIpc) is 3.10. The second-order valence-corrected chi connectivity index (χ2v) is 4.52. The lowest BCUT2D eigenvalue weighted by molar-refractivity contribution is 0.606. The molecule has 0 fully saturated rings. The quantitative estimate of drug-likeness (QED) is 0.805. The molecule has 2 aromatic rings. The van der Waals surface area contributed by atoms with Crippen molar-refractivity contribution in [3.05, 3.63) is 35.8 Å². The molecule has 0 radical (unpaired) electrons. The van der Waals surface area contributed by atoms with Gasteiger partial charge < -0.3 is 0 Å². The molecular formula is C9H7N7S. The van der Waals surface area contributed by atoms with Gasteiger partial charge in [-0.25, -0.2) is 9.97 Å². The lowest BCUT2D eigenvalue weighted by Gasteiger charge is -2.22. The predicted octanol–water partition coefficient (Wildman–Crippen LogP) is 0.686. The standard InChI is InChI=1S/C9H7N7S/c10-3-9(8-12-5-14-16-8)1-2-17-6(9)7-11-4-13-15-7/h1-2,4-6H,(H,11,13,15)(H,12,14,16). The first kappa shape index (κ1) is 10.0. The number of nitriles is 1. The number of aromatic amines is 2. The largest absolute Gasteiger partial charge is 0.262 e. The number of hydrogen-bond acceptors (Lipinski definition) is 6. The van der Waals surface area contributed by atoms with Crippen molar-refractivity contribution in [3.63, 3.8) is 0 Å². The number of rotatable bonds is 2. The zero-order chi connectivity index (χ0) is 11.7. The van der Waals surface area contributed by atoms with Gasteiger partial charge in [0.2, 0.25) is 0 Å². The highest BCUT2D eigenvalue weighted by Gasteiger charge is 2.47. The summed E-state index contributed by atoms with van der Waals surface area (Å²) in [7, 11) is 0. The Bertz CT molecular complexity index is 567. The number of nitrogens with zero attached hydrogens (tertiary/aromatic N) is 5. The molecule has 7 nitrogen and oxygen atoms in total. The van der Waals surface area contributed by atoms with Crippen LogP contribution in [0.1, 0.15) is 16.9 Å². The molecule has 0 saturated heterocycles. The van der Waals surface area contributed by atoms with E-state index in [1.807, 2.05) is 11.5 Å². The number of thioether (sulfide) groups is 1. The third kappa shape index (κ3) is 1.36. The van der Waals surface area contributed by atoms with Gasteiger partial charge in [-0.1, -0.05) is 0 Å². The Kier molecular flexibility index (Phi) is 2.19. The van der Waals surface area contributed by atoms with E-state index in [4.69, 9.17) is 0 Å². The maximum absolute atomic E-state index is 9.49. The zero-order valence-corrected chi connectivity index (χ0v) is 9.35. The highest BCUT2D eigenvalue weighted by molar-refractivity contribution is 8.02. The summed E-state index contributed by atoms with van der Waals surface area (Å²) in [5, 5.41) is 24.3. The topological polar surface area (TPSA) is 107 Å². The summed E-state index contributed by atoms with van der Waals surface area (Å²) < 4.78 is 0. The van der Waals surface area contributed by atoms with E-state index < -0.39 is 5.41 Å². The van der Waals surface area contributed by atoms with Gasteiger partial charge in [0.05, 0.1) is 11.3 Å². The summed E-state index contributed by atoms with van der Waals surface area (Å²) in [5.74, 6) is 1.17. The molecule has 17 heavy (non-hydrogen) atoms. The normalized spacial score (nSPS) is 27.1. The van der Waals surface area contributed by atoms with Crippen LogP contribution in [0.5, 0.6) is 0 Å². The summed E-state index contributed by atoms with van der Waals surface area (Å²) in [5.41, 5.74) is -0.874. The Morgan fingerprint density at radius 3 is 2.76 bits per heavy atom. The second kappa shape index (κ2) is 3.71. The van der Waals surface area contributed by atoms with E-state index in [0.29, 0.717) is 11.6 Å². The van der Waals surface area contributed by atoms with Gasteiger partial charge in [0.15, 0.2) is 5.41 Å². The lowest BCUT2D eigenvalue weighted by atomic mass is 9.84. The summed E-state index contributed by atoms with van der Waals surface area (Å²) in [4.78, 5) is 8.20. The maximum Gasteiger partial charge on any atom is 0.154 e. The van der Waals surface area contributed by atoms with Gasteiger partial charge in [-0.05, 0) is 11.5 Å². The first-order chi connectivity index (χ1) is 8.37. The second-order valence-electron chi connectivity index (χ2n) is 3.50. The number of H-pyrrole nitrogens is 2. The van der Waals surface area contributed by atoms with E-state index in [1.54, 1.807) is 0 Å². The average molecular weight is 245 g/mol. The van der Waals surface area contributed by atoms with Crippen molar-refractivity contribution >= 4 is 11.8 Å². The molecule has 2 aromatic heterocycles. The zero-order valence-electron chi connectivity index (χ0n) is 8.53. The minimum atomic E-state index is -0.874. The van der Waals surface area contributed by atoms with Crippen molar-refractivity contribution in [2.24, 2.45) is 0 Å². The Balaban J connectivity index is 2.10. The van der Waals surface area contributed by atoms with Gasteiger partial charge in [0.25, 0.3) is 0 Å². The molecule has 0 aromatic carbocycles. The maximum atomic E-state index is 9.49. The molecule has 3 heterocycles. The van der Waals surface area contributed by atoms with E-state index in [9.17, 15) is 5.26 Å². The lowest BCUT2D eigenvalue weighted by Crippen LogP contribution is -2.28. The molecule has 0 bridgehead atoms. The molecule has 0 saturated carbocycles. The number of allylic oxidation sites excluding steroid dienone is 1. The van der Waals surface area contributed by atoms with Gasteiger partial charge in [-0.2, -0.15) is 15.5 Å². The SMILES string of the molecule is N#CC1(c2ncn[nH]2)C=CSC1c1ncn[nH]1. The van der Waals surface area contributed by atoms with Crippen LogP contribution in [0.15, 0.2) is 24.1 Å². The molecule has 1 aliphatic heterocycles. The van der Waals surface area contributed by atoms with Crippen LogP contribution < -0.4 is 0 Å². The molecule has 0 amide bonds. The van der Waals surface area contributed by atoms with E-state index in [0.717, 1.165) is 0 Å². The van der Waals surface area contributed by atoms with Crippen molar-refractivity contribution < 1.29 is 0 Å². The summed E-state index contributed by atoms with van der Waals surface area (Å²) >= 11 is 1.51. The summed E-state index contributed by atoms with van der Waals surface area (Å²) in [6.45, 7) is 0. The smallest absolute Gasteiger partial charge is 0.154 e. The van der Waals surface area contributed by atoms with Crippen LogP contribution in [0.2, 0.25) is 0 Å². The molecule has 2 atom stereocenters. The first-order valence-corrected chi connectivity index (χ1v) is 5.76. The third-order valence-electron chi connectivity index (χ3n) is 2.63. The molecular weight excluding hydrogens is 238 g/mol. The van der Waals surface area contributed by atoms with Gasteiger partial charge in [0.1, 0.15) is 24.3 Å². The van der Waals surface area contributed by atoms with Crippen molar-refractivity contribution in [1.82, 2.24) is 30.4 Å². The molecule has 0 spiro atoms. The molecule has 2 unspecified atom stereocenters. The van der Waals surface area contributed by atoms with Crippen molar-refractivity contribution in [2.45, 2.75) is 10.7 Å². The van der Waals surface area contributed by atoms with Gasteiger partial charge >= 0.3 is 0 Å². The van der Waals surface area contributed by atoms with Crippen molar-refractivity contribution in [1.29, 1.82) is 5.26 Å². The van der Waals surface area contributed by atoms with E-state index in [2.05, 4.69) is 36.4 Å². The molecule has 2 N–H and O–H groups in total. The summed E-state index contributed by atoms with van der Waals surface area (Å²) in [6, 6.07) is 2.29. The number of aromatic nitrogens is 6. The van der Waals surface area contributed by atoms with E-state index in [1.165, 1.54) is 24.4 Å². The minimum Gasteiger partial charge on any atom is -0.262 e. The van der Waals surface area contributed by atoms with Crippen molar-refractivity contribution in [3.8, 4) is 6.07 Å². The third-order valence-corrected chi connectivity index (χ3v) is 3.79. The molecule has 84 valence electrons. The van der Waals surface area contributed by atoms with Crippen LogP contribution in [0.3, 0.4) is 0 Å². The fraction of sp³-hybridized carbons (Fsp3) is 0.222. The fourth-order valence-electron chi connectivity index (χ4n) is 1.80. The van der Waals surface area contributed by atoms with Crippen LogP contribution in [0, 0.1) is 11.3 Å². The van der Waals surface area contributed by atoms with Crippen LogP contribution in [0.25, 0.3) is 0 Å². The highest BCUT2D eigenvalue weighted by atomic mass is 32.2. The van der Waals surface area contributed by atoms with Crippen molar-refractivity contribution in [2.75, 3.05) is 0 Å². The van der Waals surface area contributed by atoms with Gasteiger partial charge in [-0.3, -0.25) is 10.2 Å². The Hall–Kier alpha value is -2.14. The highest BCUT2D eigenvalue weighted by Crippen LogP contribution is 2.50. The first-order valence-electron chi connectivity index (χ1n) is 4.82. The van der Waals surface area contributed by atoms with Crippen LogP contribution in [-0.2, 0) is 5.41 Å². The molecule has 1 aliphatic rings. The van der Waals surface area contributed by atoms with E-state index >= 15 is 0 Å². The Labute approximate surface area is 100 Å². The minimum absolute atomic E-state index is 0.192. The molecule has 3 rings (SSSR count). The van der Waals surface area contributed by atoms with Gasteiger partial charge in [0, 0.05) is 0 Å². The summed E-state index contributed by atoms with van der Waals surface area (Å²) in [6.07, 6.45) is 4.63. The Morgan fingerprint density at radius 1 is 1.29 bits per heavy atom. The predicted molar refractivity (Wildman–Crippen MR) is 59.5 cm³/mol. The Morgan fingerprint density at radius 2 is 2.12 bits per heavy atom. The number of hydrogen-bond donors (Lipinski definition) is 2. The van der Waals surface area contributed by atoms with Crippen LogP contribution in [-0.4, -0.2) is 30.4 Å². The molecule has 0 aliphatic carbocycles. The fourth-order valence-corrected chi connectivity index (χ4v) is 2.95. The van der Waals surface area contributed by atoms with Crippen LogP contribution in [0.4, 0.5) is 0 Å². The molecule has 8 heteroatoms. The van der Waals surface area contributed by atoms with E-state index in [-0.39, 0.29) is 5.25 Å². The number of nitrogens with one attached hydrogen (secondary N) is 2.